The van der Waals surface area contributed by atoms with E-state index in [9.17, 15) is 5.26 Å². The van der Waals surface area contributed by atoms with Gasteiger partial charge in [0.2, 0.25) is 0 Å². The van der Waals surface area contributed by atoms with Crippen LogP contribution in [0.3, 0.4) is 0 Å². The molecule has 0 heterocycles. The van der Waals surface area contributed by atoms with Crippen LogP contribution in [0.15, 0.2) is 18.2 Å². The summed E-state index contributed by atoms with van der Waals surface area (Å²) in [5, 5.41) is 9.45. The maximum atomic E-state index is 9.45. The Bertz CT molecular complexity index is 472. The largest absolute Gasteiger partial charge is 0.496 e. The Balaban J connectivity index is 3.41. The zero-order chi connectivity index (χ0) is 14.6. The van der Waals surface area contributed by atoms with Gasteiger partial charge in [-0.1, -0.05) is 19.1 Å². The molecule has 1 aromatic carbocycles. The van der Waals surface area contributed by atoms with Crippen molar-refractivity contribution in [2.75, 3.05) is 21.2 Å². The molecule has 1 atom stereocenters. The number of nitriles is 1. The third kappa shape index (κ3) is 3.27. The van der Waals surface area contributed by atoms with Crippen LogP contribution in [0.25, 0.3) is 0 Å². The van der Waals surface area contributed by atoms with Crippen LogP contribution < -0.4 is 4.74 Å². The lowest BCUT2D eigenvalue weighted by Gasteiger charge is -2.35. The van der Waals surface area contributed by atoms with Gasteiger partial charge in [0.05, 0.1) is 24.6 Å². The van der Waals surface area contributed by atoms with Crippen molar-refractivity contribution in [2.45, 2.75) is 33.2 Å². The molecule has 104 valence electrons. The highest BCUT2D eigenvalue weighted by Gasteiger charge is 2.34. The van der Waals surface area contributed by atoms with Crippen LogP contribution in [0.5, 0.6) is 5.75 Å². The van der Waals surface area contributed by atoms with E-state index in [4.69, 9.17) is 4.74 Å². The standard InChI is InChI=1S/C16H24N2O/c1-7-12-8-9-14(19-6)13(10-12)15(18(4)5)16(2,3)11-17/h8-10,15H,7H2,1-6H3. The molecule has 0 N–H and O–H groups in total. The number of rotatable bonds is 5. The van der Waals surface area contributed by atoms with Crippen LogP contribution in [-0.4, -0.2) is 26.1 Å². The average Bonchev–Trinajstić information content (AvgIpc) is 2.38. The highest BCUT2D eigenvalue weighted by Crippen LogP contribution is 2.41. The molecule has 0 aliphatic heterocycles. The average molecular weight is 260 g/mol. The molecular weight excluding hydrogens is 236 g/mol. The fourth-order valence-corrected chi connectivity index (χ4v) is 2.59. The Morgan fingerprint density at radius 3 is 2.42 bits per heavy atom. The van der Waals surface area contributed by atoms with Crippen LogP contribution in [0.1, 0.15) is 37.9 Å². The van der Waals surface area contributed by atoms with E-state index in [1.54, 1.807) is 7.11 Å². The first-order valence-corrected chi connectivity index (χ1v) is 6.61. The van der Waals surface area contributed by atoms with Crippen molar-refractivity contribution in [3.05, 3.63) is 29.3 Å². The predicted octanol–water partition coefficient (Wildman–Crippen LogP) is 3.41. The van der Waals surface area contributed by atoms with Crippen molar-refractivity contribution >= 4 is 0 Å². The van der Waals surface area contributed by atoms with E-state index >= 15 is 0 Å². The Morgan fingerprint density at radius 1 is 1.37 bits per heavy atom. The second-order valence-corrected chi connectivity index (χ2v) is 5.63. The molecule has 0 saturated heterocycles. The zero-order valence-electron chi connectivity index (χ0n) is 12.8. The molecule has 0 spiro atoms. The van der Waals surface area contributed by atoms with Crippen molar-refractivity contribution in [3.63, 3.8) is 0 Å². The zero-order valence-corrected chi connectivity index (χ0v) is 12.8. The minimum absolute atomic E-state index is 0.000972. The van der Waals surface area contributed by atoms with Gasteiger partial charge in [-0.15, -0.1) is 0 Å². The summed E-state index contributed by atoms with van der Waals surface area (Å²) in [5.41, 5.74) is 1.86. The van der Waals surface area contributed by atoms with Gasteiger partial charge in [0.1, 0.15) is 5.75 Å². The lowest BCUT2D eigenvalue weighted by atomic mass is 9.80. The third-order valence-electron chi connectivity index (χ3n) is 3.49. The molecule has 3 heteroatoms. The number of ether oxygens (including phenoxy) is 1. The smallest absolute Gasteiger partial charge is 0.123 e. The fourth-order valence-electron chi connectivity index (χ4n) is 2.59. The number of nitrogens with zero attached hydrogens (tertiary/aromatic N) is 2. The maximum Gasteiger partial charge on any atom is 0.123 e. The van der Waals surface area contributed by atoms with E-state index in [2.05, 4.69) is 30.0 Å². The molecular formula is C16H24N2O. The van der Waals surface area contributed by atoms with Crippen molar-refractivity contribution in [1.29, 1.82) is 5.26 Å². The molecule has 1 unspecified atom stereocenters. The summed E-state index contributed by atoms with van der Waals surface area (Å²) < 4.78 is 5.48. The first-order valence-electron chi connectivity index (χ1n) is 6.61. The first kappa shape index (κ1) is 15.5. The molecule has 0 fully saturated rings. The van der Waals surface area contributed by atoms with Gasteiger partial charge >= 0.3 is 0 Å². The Hall–Kier alpha value is -1.53. The lowest BCUT2D eigenvalue weighted by molar-refractivity contribution is 0.180. The molecule has 0 aromatic heterocycles. The SMILES string of the molecule is CCc1ccc(OC)c(C(N(C)C)C(C)(C)C#N)c1. The van der Waals surface area contributed by atoms with Gasteiger partial charge in [-0.25, -0.2) is 0 Å². The quantitative estimate of drug-likeness (QED) is 0.814. The van der Waals surface area contributed by atoms with E-state index in [-0.39, 0.29) is 6.04 Å². The number of hydrogen-bond donors (Lipinski definition) is 0. The van der Waals surface area contributed by atoms with E-state index in [1.807, 2.05) is 34.0 Å². The maximum absolute atomic E-state index is 9.45. The van der Waals surface area contributed by atoms with Gasteiger partial charge in [0.25, 0.3) is 0 Å². The second-order valence-electron chi connectivity index (χ2n) is 5.63. The summed E-state index contributed by atoms with van der Waals surface area (Å²) in [5.74, 6) is 0.847. The van der Waals surface area contributed by atoms with Crippen LogP contribution in [-0.2, 0) is 6.42 Å². The van der Waals surface area contributed by atoms with Crippen molar-refractivity contribution in [3.8, 4) is 11.8 Å². The first-order chi connectivity index (χ1) is 8.87. The van der Waals surface area contributed by atoms with Gasteiger partial charge in [-0.2, -0.15) is 5.26 Å². The van der Waals surface area contributed by atoms with Crippen molar-refractivity contribution < 1.29 is 4.74 Å². The van der Waals surface area contributed by atoms with Gasteiger partial charge < -0.3 is 9.64 Å². The summed E-state index contributed by atoms with van der Waals surface area (Å²) in [7, 11) is 5.68. The molecule has 3 nitrogen and oxygen atoms in total. The summed E-state index contributed by atoms with van der Waals surface area (Å²) in [6.45, 7) is 6.07. The summed E-state index contributed by atoms with van der Waals surface area (Å²) in [4.78, 5) is 2.08. The van der Waals surface area contributed by atoms with Gasteiger partial charge in [0, 0.05) is 5.56 Å². The molecule has 0 bridgehead atoms. The Morgan fingerprint density at radius 2 is 2.00 bits per heavy atom. The molecule has 0 radical (unpaired) electrons. The van der Waals surface area contributed by atoms with Crippen LogP contribution in [0.4, 0.5) is 0 Å². The van der Waals surface area contributed by atoms with E-state index in [1.165, 1.54) is 5.56 Å². The van der Waals surface area contributed by atoms with Gasteiger partial charge in [-0.3, -0.25) is 0 Å². The molecule has 0 amide bonds. The van der Waals surface area contributed by atoms with E-state index in [0.29, 0.717) is 0 Å². The highest BCUT2D eigenvalue weighted by molar-refractivity contribution is 5.41. The number of benzene rings is 1. The monoisotopic (exact) mass is 260 g/mol. The third-order valence-corrected chi connectivity index (χ3v) is 3.49. The number of aryl methyl sites for hydroxylation is 1. The highest BCUT2D eigenvalue weighted by atomic mass is 16.5. The second kappa shape index (κ2) is 6.08. The van der Waals surface area contributed by atoms with Gasteiger partial charge in [0.15, 0.2) is 0 Å². The predicted molar refractivity (Wildman–Crippen MR) is 78.2 cm³/mol. The normalized spacial score (nSPS) is 13.2. The molecule has 1 rings (SSSR count). The summed E-state index contributed by atoms with van der Waals surface area (Å²) >= 11 is 0. The summed E-state index contributed by atoms with van der Waals surface area (Å²) in [6.07, 6.45) is 0.976. The summed E-state index contributed by atoms with van der Waals surface area (Å²) in [6, 6.07) is 8.64. The number of hydrogen-bond acceptors (Lipinski definition) is 3. The topological polar surface area (TPSA) is 36.3 Å². The van der Waals surface area contributed by atoms with Crippen molar-refractivity contribution in [1.82, 2.24) is 4.90 Å². The van der Waals surface area contributed by atoms with E-state index in [0.717, 1.165) is 17.7 Å². The Kier molecular flexibility index (Phi) is 4.97. The van der Waals surface area contributed by atoms with Crippen LogP contribution in [0, 0.1) is 16.7 Å². The van der Waals surface area contributed by atoms with Gasteiger partial charge in [-0.05, 0) is 46.0 Å². The molecule has 0 aliphatic rings. The lowest BCUT2D eigenvalue weighted by Crippen LogP contribution is -2.33. The van der Waals surface area contributed by atoms with Crippen LogP contribution in [0.2, 0.25) is 0 Å². The Labute approximate surface area is 116 Å². The molecule has 0 saturated carbocycles. The van der Waals surface area contributed by atoms with Crippen molar-refractivity contribution in [2.24, 2.45) is 5.41 Å². The molecule has 0 aliphatic carbocycles. The minimum atomic E-state index is -0.483. The van der Waals surface area contributed by atoms with E-state index < -0.39 is 5.41 Å². The van der Waals surface area contributed by atoms with Crippen LogP contribution >= 0.6 is 0 Å². The number of methoxy groups -OCH3 is 1. The molecule has 1 aromatic rings. The minimum Gasteiger partial charge on any atom is -0.496 e. The fraction of sp³-hybridized carbons (Fsp3) is 0.562. The molecule has 19 heavy (non-hydrogen) atoms.